The van der Waals surface area contributed by atoms with Gasteiger partial charge in [0, 0.05) is 19.5 Å². The molecule has 2 aromatic heterocycles. The minimum atomic E-state index is -3.88. The molecule has 1 aromatic carbocycles. The van der Waals surface area contributed by atoms with Crippen molar-refractivity contribution in [2.75, 3.05) is 26.3 Å². The number of aromatic nitrogens is 4. The van der Waals surface area contributed by atoms with Crippen molar-refractivity contribution >= 4 is 15.5 Å². The molecule has 10 nitrogen and oxygen atoms in total. The minimum absolute atomic E-state index is 0.000607. The SMILES string of the molecule is CCCCN(CCO)S(=O)(=O)c1ccc(OCC)c(-c2nn3c(CCC)nc(C)c3c(=O)[nH]2)c1. The lowest BCUT2D eigenvalue weighted by Gasteiger charge is -2.22. The number of unbranched alkanes of at least 4 members (excludes halogenated alkanes) is 1. The van der Waals surface area contributed by atoms with Gasteiger partial charge in [0.25, 0.3) is 5.56 Å². The van der Waals surface area contributed by atoms with E-state index in [1.54, 1.807) is 13.0 Å². The van der Waals surface area contributed by atoms with Crippen molar-refractivity contribution in [3.8, 4) is 17.1 Å². The third-order valence-corrected chi connectivity index (χ3v) is 7.37. The van der Waals surface area contributed by atoms with E-state index >= 15 is 0 Å². The van der Waals surface area contributed by atoms with Crippen molar-refractivity contribution in [2.24, 2.45) is 0 Å². The molecule has 0 atom stereocenters. The van der Waals surface area contributed by atoms with Crippen LogP contribution in [0.5, 0.6) is 5.75 Å². The molecule has 0 saturated heterocycles. The maximum absolute atomic E-state index is 13.4. The maximum atomic E-state index is 13.4. The summed E-state index contributed by atoms with van der Waals surface area (Å²) >= 11 is 0. The first kappa shape index (κ1) is 25.9. The Morgan fingerprint density at radius 1 is 1.18 bits per heavy atom. The average molecular weight is 492 g/mol. The summed E-state index contributed by atoms with van der Waals surface area (Å²) in [5.74, 6) is 1.26. The second kappa shape index (κ2) is 11.1. The number of imidazole rings is 1. The molecule has 0 saturated carbocycles. The van der Waals surface area contributed by atoms with Crippen LogP contribution in [0, 0.1) is 6.92 Å². The molecule has 0 aliphatic carbocycles. The molecule has 0 aliphatic heterocycles. The van der Waals surface area contributed by atoms with Gasteiger partial charge in [-0.1, -0.05) is 20.3 Å². The number of hydrogen-bond acceptors (Lipinski definition) is 7. The number of hydrogen-bond donors (Lipinski definition) is 2. The van der Waals surface area contributed by atoms with Gasteiger partial charge in [-0.2, -0.15) is 4.31 Å². The van der Waals surface area contributed by atoms with Crippen molar-refractivity contribution in [1.29, 1.82) is 0 Å². The summed E-state index contributed by atoms with van der Waals surface area (Å²) in [6.45, 7) is 7.95. The van der Waals surface area contributed by atoms with E-state index in [-0.39, 0.29) is 29.4 Å². The molecule has 0 fully saturated rings. The summed E-state index contributed by atoms with van der Waals surface area (Å²) in [6, 6.07) is 4.50. The number of benzene rings is 1. The summed E-state index contributed by atoms with van der Waals surface area (Å²) in [5.41, 5.74) is 0.941. The Morgan fingerprint density at radius 2 is 1.94 bits per heavy atom. The third-order valence-electron chi connectivity index (χ3n) is 5.47. The Kier molecular flexibility index (Phi) is 8.45. The fourth-order valence-corrected chi connectivity index (χ4v) is 5.32. The first-order chi connectivity index (χ1) is 16.3. The number of nitrogens with zero attached hydrogens (tertiary/aromatic N) is 4. The Morgan fingerprint density at radius 3 is 2.59 bits per heavy atom. The lowest BCUT2D eigenvalue weighted by molar-refractivity contribution is 0.252. The lowest BCUT2D eigenvalue weighted by Crippen LogP contribution is -2.34. The highest BCUT2D eigenvalue weighted by Crippen LogP contribution is 2.31. The van der Waals surface area contributed by atoms with E-state index in [0.717, 1.165) is 12.8 Å². The van der Waals surface area contributed by atoms with E-state index in [9.17, 15) is 18.3 Å². The smallest absolute Gasteiger partial charge is 0.277 e. The zero-order chi connectivity index (χ0) is 24.9. The van der Waals surface area contributed by atoms with Crippen LogP contribution in [0.1, 0.15) is 51.6 Å². The van der Waals surface area contributed by atoms with Crippen LogP contribution in [0.2, 0.25) is 0 Å². The van der Waals surface area contributed by atoms with Crippen molar-refractivity contribution in [3.63, 3.8) is 0 Å². The van der Waals surface area contributed by atoms with Crippen LogP contribution in [0.3, 0.4) is 0 Å². The van der Waals surface area contributed by atoms with Gasteiger partial charge in [-0.15, -0.1) is 5.10 Å². The van der Waals surface area contributed by atoms with E-state index in [4.69, 9.17) is 4.74 Å². The highest BCUT2D eigenvalue weighted by atomic mass is 32.2. The second-order valence-electron chi connectivity index (χ2n) is 8.00. The fraction of sp³-hybridized carbons (Fsp3) is 0.522. The Bertz CT molecular complexity index is 1300. The highest BCUT2D eigenvalue weighted by molar-refractivity contribution is 7.89. The van der Waals surface area contributed by atoms with Crippen LogP contribution in [-0.4, -0.2) is 63.7 Å². The fourth-order valence-electron chi connectivity index (χ4n) is 3.83. The molecular weight excluding hydrogens is 458 g/mol. The van der Waals surface area contributed by atoms with Gasteiger partial charge >= 0.3 is 0 Å². The molecule has 186 valence electrons. The van der Waals surface area contributed by atoms with E-state index < -0.39 is 10.0 Å². The van der Waals surface area contributed by atoms with Gasteiger partial charge in [0.15, 0.2) is 11.3 Å². The number of aromatic amines is 1. The molecule has 3 rings (SSSR count). The molecule has 2 N–H and O–H groups in total. The van der Waals surface area contributed by atoms with Crippen molar-refractivity contribution in [3.05, 3.63) is 40.1 Å². The van der Waals surface area contributed by atoms with E-state index in [0.29, 0.717) is 54.3 Å². The Labute approximate surface area is 199 Å². The third kappa shape index (κ3) is 5.16. The number of rotatable bonds is 12. The first-order valence-corrected chi connectivity index (χ1v) is 13.1. The number of aliphatic hydroxyl groups excluding tert-OH is 1. The van der Waals surface area contributed by atoms with Crippen LogP contribution in [-0.2, 0) is 16.4 Å². The Hall–Kier alpha value is -2.76. The van der Waals surface area contributed by atoms with Crippen molar-refractivity contribution in [2.45, 2.75) is 58.3 Å². The van der Waals surface area contributed by atoms with Crippen molar-refractivity contribution < 1.29 is 18.3 Å². The molecule has 2 heterocycles. The minimum Gasteiger partial charge on any atom is -0.493 e. The number of H-pyrrole nitrogens is 1. The van der Waals surface area contributed by atoms with Crippen LogP contribution < -0.4 is 10.3 Å². The van der Waals surface area contributed by atoms with Gasteiger partial charge in [-0.05, 0) is 44.9 Å². The Balaban J connectivity index is 2.20. The summed E-state index contributed by atoms with van der Waals surface area (Å²) in [4.78, 5) is 20.2. The molecule has 0 spiro atoms. The second-order valence-corrected chi connectivity index (χ2v) is 9.94. The monoisotopic (exact) mass is 491 g/mol. The van der Waals surface area contributed by atoms with Crippen LogP contribution in [0.4, 0.5) is 0 Å². The molecule has 0 aliphatic rings. The molecule has 34 heavy (non-hydrogen) atoms. The normalized spacial score (nSPS) is 12.1. The van der Waals surface area contributed by atoms with Gasteiger partial charge < -0.3 is 14.8 Å². The van der Waals surface area contributed by atoms with Crippen LogP contribution in [0.25, 0.3) is 16.9 Å². The topological polar surface area (TPSA) is 130 Å². The molecule has 0 unspecified atom stereocenters. The predicted molar refractivity (Wildman–Crippen MR) is 130 cm³/mol. The summed E-state index contributed by atoms with van der Waals surface area (Å²) < 4.78 is 35.3. The number of aryl methyl sites for hydroxylation is 2. The van der Waals surface area contributed by atoms with Gasteiger partial charge in [0.05, 0.1) is 29.4 Å². The molecule has 3 aromatic rings. The van der Waals surface area contributed by atoms with E-state index in [1.165, 1.54) is 21.0 Å². The van der Waals surface area contributed by atoms with Gasteiger partial charge in [-0.3, -0.25) is 4.79 Å². The number of fused-ring (bicyclic) bond motifs is 1. The molecule has 0 bridgehead atoms. The standard InChI is InChI=1S/C23H33N5O5S/c1-5-8-12-27(13-14-29)34(31,32)17-10-11-19(33-7-3)18(15-17)22-25-23(30)21-16(4)24-20(9-6-2)28(21)26-22/h10-11,15,29H,5-9,12-14H2,1-4H3,(H,25,26,30). The first-order valence-electron chi connectivity index (χ1n) is 11.6. The summed E-state index contributed by atoms with van der Waals surface area (Å²) in [5, 5.41) is 14.0. The van der Waals surface area contributed by atoms with Gasteiger partial charge in [-0.25, -0.2) is 17.9 Å². The molecule has 0 amide bonds. The number of aliphatic hydroxyl groups is 1. The summed E-state index contributed by atoms with van der Waals surface area (Å²) in [7, 11) is -3.88. The molecule has 0 radical (unpaired) electrons. The molecular formula is C23H33N5O5S. The highest BCUT2D eigenvalue weighted by Gasteiger charge is 2.26. The molecule has 11 heteroatoms. The predicted octanol–water partition coefficient (Wildman–Crippen LogP) is 2.53. The quantitative estimate of drug-likeness (QED) is 0.398. The van der Waals surface area contributed by atoms with E-state index in [1.807, 2.05) is 20.8 Å². The number of nitrogens with one attached hydrogen (secondary N) is 1. The van der Waals surface area contributed by atoms with Gasteiger partial charge in [0.1, 0.15) is 11.6 Å². The largest absolute Gasteiger partial charge is 0.493 e. The number of ether oxygens (including phenoxy) is 1. The summed E-state index contributed by atoms with van der Waals surface area (Å²) in [6.07, 6.45) is 2.97. The lowest BCUT2D eigenvalue weighted by atomic mass is 10.2. The zero-order valence-electron chi connectivity index (χ0n) is 20.2. The average Bonchev–Trinajstić information content (AvgIpc) is 3.12. The van der Waals surface area contributed by atoms with Crippen LogP contribution >= 0.6 is 0 Å². The van der Waals surface area contributed by atoms with E-state index in [2.05, 4.69) is 15.1 Å². The zero-order valence-corrected chi connectivity index (χ0v) is 21.0. The van der Waals surface area contributed by atoms with Gasteiger partial charge in [0.2, 0.25) is 10.0 Å². The maximum Gasteiger partial charge on any atom is 0.277 e. The van der Waals surface area contributed by atoms with Crippen LogP contribution in [0.15, 0.2) is 27.9 Å². The number of sulfonamides is 1. The van der Waals surface area contributed by atoms with Crippen molar-refractivity contribution in [1.82, 2.24) is 23.9 Å².